The van der Waals surface area contributed by atoms with Gasteiger partial charge >= 0.3 is 0 Å². The van der Waals surface area contributed by atoms with Crippen LogP contribution in [0.3, 0.4) is 0 Å². The Bertz CT molecular complexity index is 1090. The van der Waals surface area contributed by atoms with Crippen LogP contribution >= 0.6 is 11.6 Å². The molecule has 3 aromatic carbocycles. The SMILES string of the molecule is COc1ccc(/C=C/Cc2c(-c3ccccc3Cl)[nH]c3ccccc23)cc1. The van der Waals surface area contributed by atoms with E-state index in [-0.39, 0.29) is 0 Å². The van der Waals surface area contributed by atoms with E-state index in [2.05, 4.69) is 53.5 Å². The van der Waals surface area contributed by atoms with Gasteiger partial charge in [-0.2, -0.15) is 0 Å². The Kier molecular flexibility index (Phi) is 4.99. The number of aromatic nitrogens is 1. The molecule has 0 aliphatic heterocycles. The van der Waals surface area contributed by atoms with Gasteiger partial charge in [-0.25, -0.2) is 0 Å². The van der Waals surface area contributed by atoms with Crippen molar-refractivity contribution in [2.45, 2.75) is 6.42 Å². The Morgan fingerprint density at radius 1 is 0.926 bits per heavy atom. The Balaban J connectivity index is 1.70. The quantitative estimate of drug-likeness (QED) is 0.411. The lowest BCUT2D eigenvalue weighted by Crippen LogP contribution is -1.87. The summed E-state index contributed by atoms with van der Waals surface area (Å²) >= 11 is 6.47. The van der Waals surface area contributed by atoms with Gasteiger partial charge in [-0.05, 0) is 41.8 Å². The van der Waals surface area contributed by atoms with Crippen LogP contribution in [0.5, 0.6) is 5.75 Å². The topological polar surface area (TPSA) is 25.0 Å². The molecule has 4 aromatic rings. The predicted octanol–water partition coefficient (Wildman–Crippen LogP) is 6.75. The lowest BCUT2D eigenvalue weighted by Gasteiger charge is -2.05. The van der Waals surface area contributed by atoms with E-state index >= 15 is 0 Å². The largest absolute Gasteiger partial charge is 0.497 e. The first-order valence-electron chi connectivity index (χ1n) is 8.91. The van der Waals surface area contributed by atoms with Gasteiger partial charge in [0.05, 0.1) is 12.8 Å². The number of hydrogen-bond acceptors (Lipinski definition) is 1. The fraction of sp³-hybridized carbons (Fsp3) is 0.0833. The molecule has 0 saturated carbocycles. The molecule has 1 N–H and O–H groups in total. The van der Waals surface area contributed by atoms with Crippen molar-refractivity contribution >= 4 is 28.6 Å². The van der Waals surface area contributed by atoms with Crippen molar-refractivity contribution < 1.29 is 4.74 Å². The highest BCUT2D eigenvalue weighted by Crippen LogP contribution is 2.34. The van der Waals surface area contributed by atoms with Crippen LogP contribution in [0.25, 0.3) is 28.2 Å². The van der Waals surface area contributed by atoms with Gasteiger partial charge in [0.25, 0.3) is 0 Å². The van der Waals surface area contributed by atoms with Crippen LogP contribution in [0.4, 0.5) is 0 Å². The van der Waals surface area contributed by atoms with Crippen LogP contribution in [0.2, 0.25) is 5.02 Å². The standard InChI is InChI=1S/C24H20ClNO/c1-27-18-15-13-17(14-16-18)7-6-10-20-19-8-3-5-12-23(19)26-24(20)21-9-2-4-11-22(21)25/h2-9,11-16,26H,10H2,1H3/b7-6+. The molecular weight excluding hydrogens is 354 g/mol. The van der Waals surface area contributed by atoms with Crippen molar-refractivity contribution in [3.8, 4) is 17.0 Å². The lowest BCUT2D eigenvalue weighted by atomic mass is 10.0. The monoisotopic (exact) mass is 373 g/mol. The second-order valence-corrected chi connectivity index (χ2v) is 6.79. The van der Waals surface area contributed by atoms with Gasteiger partial charge in [0.1, 0.15) is 5.75 Å². The normalized spacial score (nSPS) is 11.3. The fourth-order valence-electron chi connectivity index (χ4n) is 3.33. The second kappa shape index (κ2) is 7.73. The molecule has 0 unspecified atom stereocenters. The number of fused-ring (bicyclic) bond motifs is 1. The third-order valence-electron chi connectivity index (χ3n) is 4.70. The van der Waals surface area contributed by atoms with Gasteiger partial charge < -0.3 is 9.72 Å². The maximum Gasteiger partial charge on any atom is 0.118 e. The number of halogens is 1. The molecule has 27 heavy (non-hydrogen) atoms. The maximum atomic E-state index is 6.47. The van der Waals surface area contributed by atoms with E-state index < -0.39 is 0 Å². The molecule has 0 fully saturated rings. The highest BCUT2D eigenvalue weighted by atomic mass is 35.5. The second-order valence-electron chi connectivity index (χ2n) is 6.38. The lowest BCUT2D eigenvalue weighted by molar-refractivity contribution is 0.415. The van der Waals surface area contributed by atoms with Crippen LogP contribution in [-0.2, 0) is 6.42 Å². The third kappa shape index (κ3) is 3.62. The minimum atomic E-state index is 0.754. The average molecular weight is 374 g/mol. The Labute approximate surface area is 164 Å². The van der Waals surface area contributed by atoms with Crippen molar-refractivity contribution in [1.29, 1.82) is 0 Å². The summed E-state index contributed by atoms with van der Waals surface area (Å²) in [6, 6.07) is 24.4. The molecule has 0 radical (unpaired) electrons. The van der Waals surface area contributed by atoms with Crippen LogP contribution < -0.4 is 4.74 Å². The summed E-state index contributed by atoms with van der Waals surface area (Å²) in [7, 11) is 1.68. The van der Waals surface area contributed by atoms with Crippen molar-refractivity contribution in [3.05, 3.63) is 95.0 Å². The van der Waals surface area contributed by atoms with E-state index in [1.54, 1.807) is 7.11 Å². The number of para-hydroxylation sites is 1. The number of benzene rings is 3. The molecule has 134 valence electrons. The van der Waals surface area contributed by atoms with Crippen molar-refractivity contribution in [3.63, 3.8) is 0 Å². The summed E-state index contributed by atoms with van der Waals surface area (Å²) in [5, 5.41) is 1.98. The van der Waals surface area contributed by atoms with Crippen molar-refractivity contribution in [2.75, 3.05) is 7.11 Å². The Morgan fingerprint density at radius 3 is 2.44 bits per heavy atom. The molecule has 3 heteroatoms. The van der Waals surface area contributed by atoms with Crippen molar-refractivity contribution in [2.24, 2.45) is 0 Å². The van der Waals surface area contributed by atoms with Gasteiger partial charge in [-0.3, -0.25) is 0 Å². The molecule has 0 saturated heterocycles. The Hall–Kier alpha value is -2.97. The molecular formula is C24H20ClNO. The van der Waals surface area contributed by atoms with E-state index in [4.69, 9.17) is 16.3 Å². The first-order chi connectivity index (χ1) is 13.3. The minimum absolute atomic E-state index is 0.754. The molecule has 0 amide bonds. The average Bonchev–Trinajstić information content (AvgIpc) is 3.07. The van der Waals surface area contributed by atoms with Crippen LogP contribution in [0, 0.1) is 0 Å². The molecule has 4 rings (SSSR count). The number of rotatable bonds is 5. The number of H-pyrrole nitrogens is 1. The molecule has 0 bridgehead atoms. The van der Waals surface area contributed by atoms with Gasteiger partial charge in [0, 0.05) is 21.5 Å². The van der Waals surface area contributed by atoms with Gasteiger partial charge in [0.15, 0.2) is 0 Å². The van der Waals surface area contributed by atoms with Crippen molar-refractivity contribution in [1.82, 2.24) is 4.98 Å². The number of allylic oxidation sites excluding steroid dienone is 1. The third-order valence-corrected chi connectivity index (χ3v) is 5.03. The number of nitrogens with one attached hydrogen (secondary N) is 1. The number of ether oxygens (including phenoxy) is 1. The molecule has 0 aliphatic carbocycles. The smallest absolute Gasteiger partial charge is 0.118 e. The van der Waals surface area contributed by atoms with Crippen LogP contribution in [0.1, 0.15) is 11.1 Å². The van der Waals surface area contributed by atoms with E-state index in [1.807, 2.05) is 36.4 Å². The highest BCUT2D eigenvalue weighted by Gasteiger charge is 2.13. The summed E-state index contributed by atoms with van der Waals surface area (Å²) in [6.45, 7) is 0. The molecule has 0 aliphatic rings. The van der Waals surface area contributed by atoms with E-state index in [9.17, 15) is 0 Å². The zero-order valence-corrected chi connectivity index (χ0v) is 15.8. The summed E-state index contributed by atoms with van der Waals surface area (Å²) in [4.78, 5) is 3.55. The zero-order chi connectivity index (χ0) is 18.6. The molecule has 0 atom stereocenters. The van der Waals surface area contributed by atoms with Gasteiger partial charge in [0.2, 0.25) is 0 Å². The van der Waals surface area contributed by atoms with Crippen LogP contribution in [0.15, 0.2) is 78.9 Å². The molecule has 1 aromatic heterocycles. The van der Waals surface area contributed by atoms with Crippen LogP contribution in [-0.4, -0.2) is 12.1 Å². The molecule has 2 nitrogen and oxygen atoms in total. The fourth-order valence-corrected chi connectivity index (χ4v) is 3.56. The summed E-state index contributed by atoms with van der Waals surface area (Å²) in [5.74, 6) is 0.866. The number of methoxy groups -OCH3 is 1. The predicted molar refractivity (Wildman–Crippen MR) is 114 cm³/mol. The summed E-state index contributed by atoms with van der Waals surface area (Å²) < 4.78 is 5.22. The highest BCUT2D eigenvalue weighted by molar-refractivity contribution is 6.33. The van der Waals surface area contributed by atoms with E-state index in [1.165, 1.54) is 10.9 Å². The van der Waals surface area contributed by atoms with E-state index in [0.717, 1.165) is 39.5 Å². The maximum absolute atomic E-state index is 6.47. The summed E-state index contributed by atoms with van der Waals surface area (Å²) in [6.07, 6.45) is 5.14. The Morgan fingerprint density at radius 2 is 1.67 bits per heavy atom. The molecule has 1 heterocycles. The zero-order valence-electron chi connectivity index (χ0n) is 15.1. The number of hydrogen-bond donors (Lipinski definition) is 1. The first kappa shape index (κ1) is 17.4. The molecule has 0 spiro atoms. The first-order valence-corrected chi connectivity index (χ1v) is 9.29. The van der Waals surface area contributed by atoms with Gasteiger partial charge in [-0.15, -0.1) is 0 Å². The van der Waals surface area contributed by atoms with E-state index in [0.29, 0.717) is 0 Å². The minimum Gasteiger partial charge on any atom is -0.497 e. The summed E-state index contributed by atoms with van der Waals surface area (Å²) in [5.41, 5.74) is 5.64. The van der Waals surface area contributed by atoms with Gasteiger partial charge in [-0.1, -0.05) is 72.3 Å². The number of aromatic amines is 1.